The molecule has 0 spiro atoms. The third kappa shape index (κ3) is 3.64. The van der Waals surface area contributed by atoms with E-state index in [2.05, 4.69) is 0 Å². The van der Waals surface area contributed by atoms with Gasteiger partial charge < -0.3 is 27.8 Å². The van der Waals surface area contributed by atoms with Crippen LogP contribution in [-0.2, 0) is 6.54 Å². The zero-order chi connectivity index (χ0) is 13.8. The van der Waals surface area contributed by atoms with Crippen molar-refractivity contribution in [3.63, 3.8) is 0 Å². The molecule has 1 aromatic heterocycles. The molecule has 6 heteroatoms. The standard InChI is InChI=1S/C14H12N2O3.BrH/c15-13(17)11-5-3-7-16(9-11)8-10-4-1-2-6-12(10)14(18)19;/h1-7,9H,8H2,(H2-,15,17,18,19);1H. The van der Waals surface area contributed by atoms with Gasteiger partial charge in [-0.3, -0.25) is 4.79 Å². The SMILES string of the molecule is NC(=O)c1ccc[n+](Cc2ccccc2C(=O)O)c1.[Br-]. The van der Waals surface area contributed by atoms with Crippen LogP contribution in [0.1, 0.15) is 26.3 Å². The lowest BCUT2D eigenvalue weighted by molar-refractivity contribution is -0.688. The monoisotopic (exact) mass is 336 g/mol. The van der Waals surface area contributed by atoms with E-state index in [1.165, 1.54) is 0 Å². The normalized spacial score (nSPS) is 9.60. The fraction of sp³-hybridized carbons (Fsp3) is 0.0714. The van der Waals surface area contributed by atoms with E-state index in [1.807, 2.05) is 0 Å². The number of aromatic carboxylic acids is 1. The molecule has 1 aromatic carbocycles. The lowest BCUT2D eigenvalue weighted by Gasteiger charge is -2.03. The van der Waals surface area contributed by atoms with Crippen molar-refractivity contribution < 1.29 is 36.2 Å². The third-order valence-corrected chi connectivity index (χ3v) is 2.74. The van der Waals surface area contributed by atoms with Gasteiger partial charge in [0.05, 0.1) is 5.56 Å². The summed E-state index contributed by atoms with van der Waals surface area (Å²) >= 11 is 0. The topological polar surface area (TPSA) is 84.3 Å². The Kier molecular flexibility index (Phi) is 5.40. The Hall–Kier alpha value is -2.21. The molecule has 1 heterocycles. The Labute approximate surface area is 126 Å². The maximum atomic E-state index is 11.1. The van der Waals surface area contributed by atoms with E-state index in [4.69, 9.17) is 10.8 Å². The molecule has 0 saturated carbocycles. The van der Waals surface area contributed by atoms with Crippen LogP contribution in [0, 0.1) is 0 Å². The van der Waals surface area contributed by atoms with E-state index in [-0.39, 0.29) is 22.5 Å². The molecular weight excluding hydrogens is 324 g/mol. The van der Waals surface area contributed by atoms with E-state index in [9.17, 15) is 9.59 Å². The van der Waals surface area contributed by atoms with E-state index < -0.39 is 11.9 Å². The number of carboxylic acids is 1. The highest BCUT2D eigenvalue weighted by Crippen LogP contribution is 2.08. The highest BCUT2D eigenvalue weighted by Gasteiger charge is 2.14. The van der Waals surface area contributed by atoms with Crippen LogP contribution in [-0.4, -0.2) is 17.0 Å². The number of carbonyl (C=O) groups is 2. The fourth-order valence-corrected chi connectivity index (χ4v) is 1.83. The summed E-state index contributed by atoms with van der Waals surface area (Å²) in [4.78, 5) is 22.2. The Morgan fingerprint density at radius 1 is 1.15 bits per heavy atom. The number of benzene rings is 1. The van der Waals surface area contributed by atoms with Crippen LogP contribution in [0.15, 0.2) is 48.8 Å². The molecule has 0 fully saturated rings. The number of hydrogen-bond acceptors (Lipinski definition) is 2. The van der Waals surface area contributed by atoms with Crippen molar-refractivity contribution in [1.82, 2.24) is 0 Å². The van der Waals surface area contributed by atoms with Gasteiger partial charge in [-0.15, -0.1) is 0 Å². The average Bonchev–Trinajstić information content (AvgIpc) is 2.39. The largest absolute Gasteiger partial charge is 1.00 e. The summed E-state index contributed by atoms with van der Waals surface area (Å²) in [6.07, 6.45) is 3.35. The first kappa shape index (κ1) is 15.8. The van der Waals surface area contributed by atoms with Gasteiger partial charge in [-0.05, 0) is 12.1 Å². The van der Waals surface area contributed by atoms with Gasteiger partial charge in [-0.1, -0.05) is 18.2 Å². The molecule has 2 aromatic rings. The molecule has 0 aliphatic rings. The van der Waals surface area contributed by atoms with Gasteiger partial charge in [0.15, 0.2) is 18.9 Å². The summed E-state index contributed by atoms with van der Waals surface area (Å²) in [7, 11) is 0. The lowest BCUT2D eigenvalue weighted by atomic mass is 10.1. The van der Waals surface area contributed by atoms with E-state index in [0.29, 0.717) is 17.7 Å². The number of carbonyl (C=O) groups excluding carboxylic acids is 1. The number of pyridine rings is 1. The smallest absolute Gasteiger partial charge is 0.336 e. The van der Waals surface area contributed by atoms with Crippen molar-refractivity contribution in [2.45, 2.75) is 6.54 Å². The van der Waals surface area contributed by atoms with Gasteiger partial charge >= 0.3 is 5.97 Å². The average molecular weight is 337 g/mol. The minimum absolute atomic E-state index is 0. The number of nitrogens with two attached hydrogens (primary N) is 1. The van der Waals surface area contributed by atoms with Crippen molar-refractivity contribution in [3.8, 4) is 0 Å². The molecule has 0 saturated heterocycles. The number of carboxylic acid groups (broad SMARTS) is 1. The minimum atomic E-state index is -0.970. The predicted octanol–water partition coefficient (Wildman–Crippen LogP) is -2.18. The first-order valence-electron chi connectivity index (χ1n) is 5.68. The molecular formula is C14H13BrN2O3. The van der Waals surface area contributed by atoms with E-state index in [0.717, 1.165) is 0 Å². The van der Waals surface area contributed by atoms with Crippen LogP contribution in [0.25, 0.3) is 0 Å². The zero-order valence-electron chi connectivity index (χ0n) is 10.5. The highest BCUT2D eigenvalue weighted by molar-refractivity contribution is 5.92. The van der Waals surface area contributed by atoms with Crippen molar-refractivity contribution in [2.75, 3.05) is 0 Å². The van der Waals surface area contributed by atoms with Gasteiger partial charge in [-0.2, -0.15) is 4.57 Å². The highest BCUT2D eigenvalue weighted by atomic mass is 79.9. The molecule has 1 amide bonds. The lowest BCUT2D eigenvalue weighted by Crippen LogP contribution is -3.00. The second-order valence-electron chi connectivity index (χ2n) is 4.09. The van der Waals surface area contributed by atoms with Gasteiger partial charge in [-0.25, -0.2) is 4.79 Å². The second kappa shape index (κ2) is 6.81. The molecule has 0 aliphatic carbocycles. The first-order valence-corrected chi connectivity index (χ1v) is 5.68. The second-order valence-corrected chi connectivity index (χ2v) is 4.09. The molecule has 0 unspecified atom stereocenters. The predicted molar refractivity (Wildman–Crippen MR) is 67.7 cm³/mol. The fourth-order valence-electron chi connectivity index (χ4n) is 1.83. The molecule has 3 N–H and O–H groups in total. The Bertz CT molecular complexity index is 644. The Balaban J connectivity index is 0.00000200. The van der Waals surface area contributed by atoms with Crippen molar-refractivity contribution >= 4 is 11.9 Å². The Morgan fingerprint density at radius 3 is 2.50 bits per heavy atom. The van der Waals surface area contributed by atoms with Crippen LogP contribution >= 0.6 is 0 Å². The first-order chi connectivity index (χ1) is 9.08. The molecule has 0 aliphatic heterocycles. The van der Waals surface area contributed by atoms with E-state index >= 15 is 0 Å². The van der Waals surface area contributed by atoms with Gasteiger partial charge in [0.25, 0.3) is 5.91 Å². The Morgan fingerprint density at radius 2 is 1.85 bits per heavy atom. The van der Waals surface area contributed by atoms with Gasteiger partial charge in [0.1, 0.15) is 5.56 Å². The zero-order valence-corrected chi connectivity index (χ0v) is 12.1. The van der Waals surface area contributed by atoms with Crippen LogP contribution in [0.4, 0.5) is 0 Å². The molecule has 0 radical (unpaired) electrons. The number of amides is 1. The number of rotatable bonds is 4. The summed E-state index contributed by atoms with van der Waals surface area (Å²) in [6.45, 7) is 0.365. The third-order valence-electron chi connectivity index (χ3n) is 2.74. The van der Waals surface area contributed by atoms with Crippen LogP contribution < -0.4 is 27.3 Å². The summed E-state index contributed by atoms with van der Waals surface area (Å²) in [5, 5.41) is 9.10. The summed E-state index contributed by atoms with van der Waals surface area (Å²) in [5.41, 5.74) is 6.51. The summed E-state index contributed by atoms with van der Waals surface area (Å²) in [6, 6.07) is 10.1. The number of primary amides is 1. The van der Waals surface area contributed by atoms with E-state index in [1.54, 1.807) is 53.4 Å². The van der Waals surface area contributed by atoms with Gasteiger partial charge in [0, 0.05) is 11.6 Å². The molecule has 0 bridgehead atoms. The molecule has 5 nitrogen and oxygen atoms in total. The van der Waals surface area contributed by atoms with Gasteiger partial charge in [0.2, 0.25) is 0 Å². The number of nitrogens with zero attached hydrogens (tertiary/aromatic N) is 1. The van der Waals surface area contributed by atoms with Crippen molar-refractivity contribution in [2.24, 2.45) is 5.73 Å². The van der Waals surface area contributed by atoms with Crippen molar-refractivity contribution in [1.29, 1.82) is 0 Å². The quantitative estimate of drug-likeness (QED) is 0.623. The molecule has 20 heavy (non-hydrogen) atoms. The molecule has 2 rings (SSSR count). The van der Waals surface area contributed by atoms with Crippen LogP contribution in [0.2, 0.25) is 0 Å². The maximum Gasteiger partial charge on any atom is 0.336 e. The molecule has 104 valence electrons. The number of hydrogen-bond donors (Lipinski definition) is 2. The molecule has 0 atom stereocenters. The van der Waals surface area contributed by atoms with Crippen LogP contribution in [0.3, 0.4) is 0 Å². The number of aromatic nitrogens is 1. The number of halogens is 1. The van der Waals surface area contributed by atoms with Crippen LogP contribution in [0.5, 0.6) is 0 Å². The summed E-state index contributed by atoms with van der Waals surface area (Å²) < 4.78 is 1.72. The minimum Gasteiger partial charge on any atom is -1.00 e. The maximum absolute atomic E-state index is 11.1. The van der Waals surface area contributed by atoms with Crippen molar-refractivity contribution in [3.05, 3.63) is 65.5 Å². The summed E-state index contributed by atoms with van der Waals surface area (Å²) in [5.74, 6) is -1.48.